The van der Waals surface area contributed by atoms with Gasteiger partial charge in [0, 0.05) is 6.04 Å². The summed E-state index contributed by atoms with van der Waals surface area (Å²) in [6.45, 7) is 2.50. The van der Waals surface area contributed by atoms with Crippen molar-refractivity contribution in [1.29, 1.82) is 5.41 Å². The summed E-state index contributed by atoms with van der Waals surface area (Å²) < 4.78 is 4.51. The molecule has 0 radical (unpaired) electrons. The highest BCUT2D eigenvalue weighted by Crippen LogP contribution is 2.26. The van der Waals surface area contributed by atoms with E-state index in [1.54, 1.807) is 0 Å². The largest absolute Gasteiger partial charge is 0.469 e. The number of methoxy groups -OCH3 is 1. The summed E-state index contributed by atoms with van der Waals surface area (Å²) in [7, 11) is 1.41. The summed E-state index contributed by atoms with van der Waals surface area (Å²) in [6.07, 6.45) is 1.60. The third-order valence-corrected chi connectivity index (χ3v) is 1.71. The Morgan fingerprint density at radius 2 is 2.09 bits per heavy atom. The quantitative estimate of drug-likeness (QED) is 0.421. The van der Waals surface area contributed by atoms with E-state index in [-0.39, 0.29) is 17.9 Å². The Morgan fingerprint density at radius 1 is 1.64 bits per heavy atom. The number of nitrogens with two attached hydrogens (primary N) is 1. The predicted molar refractivity (Wildman–Crippen MR) is 42.6 cm³/mol. The number of hydrogen-bond acceptors (Lipinski definition) is 4. The van der Waals surface area contributed by atoms with Crippen molar-refractivity contribution in [1.82, 2.24) is 0 Å². The molecule has 64 valence electrons. The zero-order valence-electron chi connectivity index (χ0n) is 6.67. The van der Waals surface area contributed by atoms with Gasteiger partial charge in [-0.15, -0.1) is 0 Å². The zero-order chi connectivity index (χ0) is 8.85. The summed E-state index contributed by atoms with van der Waals surface area (Å²) in [5.41, 5.74) is 5.45. The molecular formula is C7H14N2O2. The topological polar surface area (TPSA) is 76.2 Å². The van der Waals surface area contributed by atoms with Crippen LogP contribution in [0.4, 0.5) is 0 Å². The van der Waals surface area contributed by atoms with Crippen molar-refractivity contribution in [3.05, 3.63) is 0 Å². The van der Waals surface area contributed by atoms with Gasteiger partial charge in [0.25, 0.3) is 0 Å². The number of carbonyl (C=O) groups is 1. The van der Waals surface area contributed by atoms with E-state index in [9.17, 15) is 4.79 Å². The maximum Gasteiger partial charge on any atom is 0.308 e. The fraction of sp³-hybridized carbons (Fsp3) is 0.714. The van der Waals surface area contributed by atoms with Crippen molar-refractivity contribution >= 4 is 12.7 Å². The summed E-state index contributed by atoms with van der Waals surface area (Å²) in [4.78, 5) is 10.7. The van der Waals surface area contributed by atoms with Gasteiger partial charge in [-0.05, 0) is 19.6 Å². The number of nitrogens with one attached hydrogen (secondary N) is 1. The molecule has 1 aliphatic rings. The minimum Gasteiger partial charge on any atom is -0.469 e. The van der Waals surface area contributed by atoms with Crippen LogP contribution in [0.3, 0.4) is 0 Å². The van der Waals surface area contributed by atoms with Gasteiger partial charge in [0.15, 0.2) is 0 Å². The highest BCUT2D eigenvalue weighted by Gasteiger charge is 2.32. The molecule has 1 aliphatic carbocycles. The van der Waals surface area contributed by atoms with E-state index >= 15 is 0 Å². The van der Waals surface area contributed by atoms with Crippen molar-refractivity contribution in [2.75, 3.05) is 7.11 Å². The van der Waals surface area contributed by atoms with Crippen LogP contribution in [-0.4, -0.2) is 25.8 Å². The van der Waals surface area contributed by atoms with Crippen LogP contribution in [0, 0.1) is 11.3 Å². The lowest BCUT2D eigenvalue weighted by molar-refractivity contribution is -0.148. The number of ether oxygens (including phenoxy) is 1. The smallest absolute Gasteiger partial charge is 0.308 e. The van der Waals surface area contributed by atoms with E-state index in [1.165, 1.54) is 7.11 Å². The molecule has 0 aromatic heterocycles. The van der Waals surface area contributed by atoms with Crippen molar-refractivity contribution in [3.8, 4) is 0 Å². The first-order chi connectivity index (χ1) is 5.24. The maximum absolute atomic E-state index is 10.7. The molecule has 0 amide bonds. The normalized spacial score (nSPS) is 27.5. The van der Waals surface area contributed by atoms with Crippen LogP contribution in [0.15, 0.2) is 0 Å². The van der Waals surface area contributed by atoms with E-state index < -0.39 is 0 Å². The van der Waals surface area contributed by atoms with E-state index in [0.717, 1.165) is 12.8 Å². The van der Waals surface area contributed by atoms with Gasteiger partial charge in [-0.1, -0.05) is 0 Å². The van der Waals surface area contributed by atoms with E-state index in [2.05, 4.69) is 11.5 Å². The van der Waals surface area contributed by atoms with Gasteiger partial charge >= 0.3 is 5.97 Å². The second-order valence-electron chi connectivity index (χ2n) is 2.45. The highest BCUT2D eigenvalue weighted by molar-refractivity contribution is 5.73. The number of rotatable bonds is 1. The maximum atomic E-state index is 10.7. The predicted octanol–water partition coefficient (Wildman–Crippen LogP) is 0.162. The summed E-state index contributed by atoms with van der Waals surface area (Å²) in [5, 5.41) is 5.50. The Bertz CT molecular complexity index is 132. The van der Waals surface area contributed by atoms with Gasteiger partial charge in [0.2, 0.25) is 0 Å². The van der Waals surface area contributed by atoms with Crippen molar-refractivity contribution in [3.63, 3.8) is 0 Å². The first kappa shape index (κ1) is 10.1. The molecule has 11 heavy (non-hydrogen) atoms. The Labute approximate surface area is 66.2 Å². The van der Waals surface area contributed by atoms with Gasteiger partial charge < -0.3 is 15.9 Å². The first-order valence-corrected chi connectivity index (χ1v) is 3.43. The van der Waals surface area contributed by atoms with Gasteiger partial charge in [0.05, 0.1) is 13.0 Å². The summed E-state index contributed by atoms with van der Waals surface area (Å²) in [5.74, 6) is -0.0262. The van der Waals surface area contributed by atoms with Gasteiger partial charge in [0.1, 0.15) is 0 Å². The molecule has 0 heterocycles. The Balaban J connectivity index is 0.000000461. The molecule has 0 aliphatic heterocycles. The minimum absolute atomic E-state index is 0.0880. The molecule has 0 saturated heterocycles. The minimum atomic E-state index is -0.114. The van der Waals surface area contributed by atoms with Crippen LogP contribution in [0.2, 0.25) is 0 Å². The van der Waals surface area contributed by atoms with Gasteiger partial charge in [-0.25, -0.2) is 0 Å². The van der Waals surface area contributed by atoms with Crippen molar-refractivity contribution < 1.29 is 9.53 Å². The third-order valence-electron chi connectivity index (χ3n) is 1.71. The van der Waals surface area contributed by atoms with Crippen molar-refractivity contribution in [2.24, 2.45) is 11.7 Å². The molecule has 1 saturated carbocycles. The van der Waals surface area contributed by atoms with E-state index in [1.807, 2.05) is 0 Å². The Kier molecular flexibility index (Phi) is 4.45. The molecular weight excluding hydrogens is 144 g/mol. The number of hydrogen-bond donors (Lipinski definition) is 2. The zero-order valence-corrected chi connectivity index (χ0v) is 6.67. The lowest BCUT2D eigenvalue weighted by Crippen LogP contribution is -2.40. The van der Waals surface area contributed by atoms with Crippen LogP contribution in [-0.2, 0) is 9.53 Å². The standard InChI is InChI=1S/C6H11NO2.CH3N/c1-9-6(8)4-2-5(7)3-4;1-2/h4-5H,2-3,7H2,1H3;2H,1H2. The Morgan fingerprint density at radius 3 is 2.36 bits per heavy atom. The van der Waals surface area contributed by atoms with Gasteiger partial charge in [-0.2, -0.15) is 0 Å². The second kappa shape index (κ2) is 4.85. The molecule has 0 aromatic rings. The lowest BCUT2D eigenvalue weighted by atomic mass is 9.81. The molecule has 4 nitrogen and oxygen atoms in total. The molecule has 0 bridgehead atoms. The van der Waals surface area contributed by atoms with Crippen LogP contribution < -0.4 is 5.73 Å². The molecule has 0 atom stereocenters. The van der Waals surface area contributed by atoms with Crippen molar-refractivity contribution in [2.45, 2.75) is 18.9 Å². The third kappa shape index (κ3) is 2.67. The molecule has 3 N–H and O–H groups in total. The molecule has 1 fully saturated rings. The molecule has 4 heteroatoms. The molecule has 0 unspecified atom stereocenters. The molecule has 0 aromatic carbocycles. The Hall–Kier alpha value is -0.900. The molecule has 1 rings (SSSR count). The number of carbonyl (C=O) groups excluding carboxylic acids is 1. The van der Waals surface area contributed by atoms with Gasteiger partial charge in [-0.3, -0.25) is 4.79 Å². The SMILES string of the molecule is C=N.COC(=O)C1CC(N)C1. The lowest BCUT2D eigenvalue weighted by Gasteiger charge is -2.29. The summed E-state index contributed by atoms with van der Waals surface area (Å²) >= 11 is 0. The monoisotopic (exact) mass is 158 g/mol. The van der Waals surface area contributed by atoms with Crippen LogP contribution in [0.5, 0.6) is 0 Å². The second-order valence-corrected chi connectivity index (χ2v) is 2.45. The van der Waals surface area contributed by atoms with E-state index in [4.69, 9.17) is 11.1 Å². The van der Waals surface area contributed by atoms with Crippen LogP contribution >= 0.6 is 0 Å². The average molecular weight is 158 g/mol. The molecule has 0 spiro atoms. The average Bonchev–Trinajstić information content (AvgIpc) is 2.01. The highest BCUT2D eigenvalue weighted by atomic mass is 16.5. The number of esters is 1. The van der Waals surface area contributed by atoms with E-state index in [0.29, 0.717) is 0 Å². The fourth-order valence-corrected chi connectivity index (χ4v) is 1.02. The first-order valence-electron chi connectivity index (χ1n) is 3.43. The van der Waals surface area contributed by atoms with Crippen LogP contribution in [0.25, 0.3) is 0 Å². The van der Waals surface area contributed by atoms with Crippen LogP contribution in [0.1, 0.15) is 12.8 Å². The summed E-state index contributed by atoms with van der Waals surface area (Å²) in [6, 6.07) is 0.231. The fourth-order valence-electron chi connectivity index (χ4n) is 1.02.